The number of hydrogen-bond donors (Lipinski definition) is 3. The van der Waals surface area contributed by atoms with Crippen LogP contribution < -0.4 is 10.2 Å². The van der Waals surface area contributed by atoms with E-state index < -0.39 is 0 Å². The molecular formula is C29H34N8O2. The third kappa shape index (κ3) is 4.52. The zero-order valence-electron chi connectivity index (χ0n) is 22.2. The van der Waals surface area contributed by atoms with E-state index in [0.29, 0.717) is 17.3 Å². The van der Waals surface area contributed by atoms with Crippen LogP contribution in [-0.4, -0.2) is 80.1 Å². The van der Waals surface area contributed by atoms with Crippen LogP contribution in [0.25, 0.3) is 28.0 Å². The van der Waals surface area contributed by atoms with Crippen LogP contribution >= 0.6 is 0 Å². The molecule has 3 fully saturated rings. The second kappa shape index (κ2) is 9.68. The molecule has 10 nitrogen and oxygen atoms in total. The Hall–Kier alpha value is -3.92. The highest BCUT2D eigenvalue weighted by atomic mass is 16.3. The topological polar surface area (TPSA) is 115 Å². The summed E-state index contributed by atoms with van der Waals surface area (Å²) in [6.45, 7) is 4.01. The molecule has 1 saturated heterocycles. The largest absolute Gasteiger partial charge is 0.507 e. The highest BCUT2D eigenvalue weighted by molar-refractivity contribution is 5.94. The van der Waals surface area contributed by atoms with Crippen LogP contribution in [0, 0.1) is 0 Å². The fourth-order valence-electron chi connectivity index (χ4n) is 5.97. The fraction of sp³-hybridized carbons (Fsp3) is 0.448. The summed E-state index contributed by atoms with van der Waals surface area (Å²) in [5, 5.41) is 31.6. The number of nitrogens with one attached hydrogen (secondary N) is 2. The number of aromatic amines is 1. The van der Waals surface area contributed by atoms with Crippen molar-refractivity contribution in [2.45, 2.75) is 50.5 Å². The number of phenolic OH excluding ortho intramolecular Hbond substituents is 1. The number of fused-ring (bicyclic) bond motifs is 1. The molecule has 0 bridgehead atoms. The molecule has 10 heteroatoms. The zero-order valence-corrected chi connectivity index (χ0v) is 22.2. The van der Waals surface area contributed by atoms with Crippen LogP contribution in [0.3, 0.4) is 0 Å². The number of aromatic nitrogens is 5. The third-order valence-corrected chi connectivity index (χ3v) is 8.45. The van der Waals surface area contributed by atoms with Crippen molar-refractivity contribution < 1.29 is 9.90 Å². The molecule has 0 spiro atoms. The summed E-state index contributed by atoms with van der Waals surface area (Å²) in [6, 6.07) is 12.0. The molecule has 1 aliphatic heterocycles. The number of rotatable bonds is 6. The Kier molecular flexibility index (Phi) is 5.99. The van der Waals surface area contributed by atoms with Crippen LogP contribution in [0.1, 0.15) is 60.8 Å². The zero-order chi connectivity index (χ0) is 26.5. The van der Waals surface area contributed by atoms with Crippen LogP contribution in [0.5, 0.6) is 5.75 Å². The van der Waals surface area contributed by atoms with Gasteiger partial charge in [-0.15, -0.1) is 10.2 Å². The number of likely N-dealkylation sites (N-methyl/N-ethyl adjacent to an activating group) is 1. The maximum Gasteiger partial charge on any atom is 0.289 e. The Labute approximate surface area is 227 Å². The molecule has 3 heterocycles. The fourth-order valence-corrected chi connectivity index (χ4v) is 5.97. The number of anilines is 1. The molecule has 2 aromatic carbocycles. The summed E-state index contributed by atoms with van der Waals surface area (Å²) in [4.78, 5) is 17.9. The first-order valence-electron chi connectivity index (χ1n) is 14.1. The van der Waals surface area contributed by atoms with Gasteiger partial charge in [-0.2, -0.15) is 5.10 Å². The smallest absolute Gasteiger partial charge is 0.289 e. The van der Waals surface area contributed by atoms with E-state index >= 15 is 0 Å². The van der Waals surface area contributed by atoms with E-state index in [2.05, 4.69) is 54.7 Å². The van der Waals surface area contributed by atoms with Gasteiger partial charge in [-0.1, -0.05) is 12.8 Å². The Morgan fingerprint density at radius 1 is 0.974 bits per heavy atom. The van der Waals surface area contributed by atoms with Crippen molar-refractivity contribution in [1.82, 2.24) is 35.2 Å². The summed E-state index contributed by atoms with van der Waals surface area (Å²) in [5.41, 5.74) is 4.29. The molecule has 202 valence electrons. The number of H-pyrrole nitrogens is 1. The molecule has 4 aromatic rings. The normalized spacial score (nSPS) is 18.7. The number of carbonyl (C=O) groups is 1. The standard InChI is InChI=1S/C29H34N8O2/c1-35-12-14-36(15-13-35)20-8-10-21(11-9-20)37-27(33-34-28(37)29(39)30-19-6-7-19)23-16-22-24(17-25(23)38)31-32-26(22)18-4-2-3-5-18/h8-11,16-19,38H,2-7,12-15H2,1H3,(H,30,39)(H,31,32). The van der Waals surface area contributed by atoms with Crippen molar-refractivity contribution in [1.29, 1.82) is 0 Å². The van der Waals surface area contributed by atoms with Crippen LogP contribution in [-0.2, 0) is 0 Å². The van der Waals surface area contributed by atoms with E-state index in [0.717, 1.165) is 79.8 Å². The lowest BCUT2D eigenvalue weighted by molar-refractivity contribution is 0.0938. The molecule has 2 aliphatic carbocycles. The van der Waals surface area contributed by atoms with Gasteiger partial charge in [0.15, 0.2) is 5.82 Å². The van der Waals surface area contributed by atoms with E-state index in [9.17, 15) is 9.90 Å². The minimum Gasteiger partial charge on any atom is -0.507 e. The number of amides is 1. The van der Waals surface area contributed by atoms with Gasteiger partial charge in [0.05, 0.1) is 16.8 Å². The van der Waals surface area contributed by atoms with E-state index in [4.69, 9.17) is 0 Å². The molecule has 39 heavy (non-hydrogen) atoms. The van der Waals surface area contributed by atoms with Crippen molar-refractivity contribution in [3.63, 3.8) is 0 Å². The number of hydrogen-bond acceptors (Lipinski definition) is 7. The van der Waals surface area contributed by atoms with Crippen molar-refractivity contribution >= 4 is 22.5 Å². The molecule has 3 N–H and O–H groups in total. The van der Waals surface area contributed by atoms with E-state index in [1.807, 2.05) is 18.2 Å². The van der Waals surface area contributed by atoms with Crippen LogP contribution in [0.15, 0.2) is 36.4 Å². The summed E-state index contributed by atoms with van der Waals surface area (Å²) < 4.78 is 1.77. The predicted molar refractivity (Wildman–Crippen MR) is 150 cm³/mol. The second-order valence-corrected chi connectivity index (χ2v) is 11.2. The van der Waals surface area contributed by atoms with Gasteiger partial charge in [0.1, 0.15) is 5.75 Å². The molecule has 0 radical (unpaired) electrons. The Morgan fingerprint density at radius 2 is 1.69 bits per heavy atom. The molecule has 0 unspecified atom stereocenters. The molecule has 2 aromatic heterocycles. The first-order valence-corrected chi connectivity index (χ1v) is 14.1. The highest BCUT2D eigenvalue weighted by Crippen LogP contribution is 2.40. The molecule has 0 atom stereocenters. The lowest BCUT2D eigenvalue weighted by Gasteiger charge is -2.34. The van der Waals surface area contributed by atoms with Gasteiger partial charge in [-0.05, 0) is 63.1 Å². The minimum atomic E-state index is -0.255. The van der Waals surface area contributed by atoms with Gasteiger partial charge >= 0.3 is 0 Å². The maximum atomic E-state index is 13.2. The first kappa shape index (κ1) is 24.1. The molecule has 2 saturated carbocycles. The number of piperazine rings is 1. The molecule has 1 amide bonds. The summed E-state index contributed by atoms with van der Waals surface area (Å²) >= 11 is 0. The maximum absolute atomic E-state index is 13.2. The first-order chi connectivity index (χ1) is 19.0. The average Bonchev–Trinajstić information content (AvgIpc) is 3.32. The lowest BCUT2D eigenvalue weighted by Crippen LogP contribution is -2.44. The predicted octanol–water partition coefficient (Wildman–Crippen LogP) is 3.82. The van der Waals surface area contributed by atoms with E-state index in [-0.39, 0.29) is 23.5 Å². The number of benzene rings is 2. The number of phenols is 1. The minimum absolute atomic E-state index is 0.0704. The van der Waals surface area contributed by atoms with Crippen molar-refractivity contribution in [3.8, 4) is 22.8 Å². The monoisotopic (exact) mass is 526 g/mol. The van der Waals surface area contributed by atoms with Gasteiger partial charge in [0.25, 0.3) is 5.91 Å². The third-order valence-electron chi connectivity index (χ3n) is 8.45. The highest BCUT2D eigenvalue weighted by Gasteiger charge is 2.30. The van der Waals surface area contributed by atoms with Gasteiger partial charge < -0.3 is 20.2 Å². The van der Waals surface area contributed by atoms with Gasteiger partial charge in [0.2, 0.25) is 5.82 Å². The quantitative estimate of drug-likeness (QED) is 0.350. The van der Waals surface area contributed by atoms with Crippen LogP contribution in [0.2, 0.25) is 0 Å². The average molecular weight is 527 g/mol. The second-order valence-electron chi connectivity index (χ2n) is 11.2. The Morgan fingerprint density at radius 3 is 2.41 bits per heavy atom. The van der Waals surface area contributed by atoms with Gasteiger partial charge in [-0.25, -0.2) is 0 Å². The number of carbonyl (C=O) groups excluding carboxylic acids is 1. The number of aromatic hydroxyl groups is 1. The SMILES string of the molecule is CN1CCN(c2ccc(-n3c(C(=O)NC4CC4)nnc3-c3cc4c(C5CCCC5)n[nH]c4cc3O)cc2)CC1. The molecule has 7 rings (SSSR count). The van der Waals surface area contributed by atoms with E-state index in [1.165, 1.54) is 12.8 Å². The van der Waals surface area contributed by atoms with Crippen molar-refractivity contribution in [3.05, 3.63) is 47.9 Å². The Balaban J connectivity index is 1.31. The van der Waals surface area contributed by atoms with E-state index in [1.54, 1.807) is 10.6 Å². The van der Waals surface area contributed by atoms with Crippen LogP contribution in [0.4, 0.5) is 5.69 Å². The number of nitrogens with zero attached hydrogens (tertiary/aromatic N) is 6. The van der Waals surface area contributed by atoms with Crippen molar-refractivity contribution in [2.75, 3.05) is 38.1 Å². The lowest BCUT2D eigenvalue weighted by atomic mass is 9.99. The Bertz CT molecular complexity index is 1510. The van der Waals surface area contributed by atoms with Gasteiger partial charge in [0, 0.05) is 61.0 Å². The van der Waals surface area contributed by atoms with Crippen molar-refractivity contribution in [2.24, 2.45) is 0 Å². The summed E-state index contributed by atoms with van der Waals surface area (Å²) in [5.74, 6) is 0.875. The van der Waals surface area contributed by atoms with Gasteiger partial charge in [-0.3, -0.25) is 14.5 Å². The summed E-state index contributed by atoms with van der Waals surface area (Å²) in [6.07, 6.45) is 6.63. The molecule has 3 aliphatic rings. The molecular weight excluding hydrogens is 492 g/mol. The summed E-state index contributed by atoms with van der Waals surface area (Å²) in [7, 11) is 2.15.